The Kier molecular flexibility index (Phi) is 4.94. The summed E-state index contributed by atoms with van der Waals surface area (Å²) in [6, 6.07) is 5.29. The Hall–Kier alpha value is -2.12. The van der Waals surface area contributed by atoms with E-state index in [0.717, 1.165) is 29.5 Å². The molecule has 1 saturated heterocycles. The zero-order valence-corrected chi connectivity index (χ0v) is 16.4. The lowest BCUT2D eigenvalue weighted by molar-refractivity contribution is 0.0722. The smallest absolute Gasteiger partial charge is 0.360 e. The molecule has 0 radical (unpaired) electrons. The quantitative estimate of drug-likeness (QED) is 0.608. The fraction of sp³-hybridized carbons (Fsp3) is 0.421. The maximum Gasteiger partial charge on any atom is 0.360 e. The van der Waals surface area contributed by atoms with E-state index < -0.39 is 16.0 Å². The number of sulfonamides is 1. The minimum absolute atomic E-state index is 0.131. The average Bonchev–Trinajstić information content (AvgIpc) is 3.20. The number of hydrogen-bond acceptors (Lipinski definition) is 4. The third kappa shape index (κ3) is 3.41. The van der Waals surface area contributed by atoms with E-state index in [2.05, 4.69) is 0 Å². The first-order valence-corrected chi connectivity index (χ1v) is 10.1. The van der Waals surface area contributed by atoms with E-state index in [9.17, 15) is 13.2 Å². The van der Waals surface area contributed by atoms with Gasteiger partial charge in [0, 0.05) is 26.3 Å². The SMILES string of the molecule is Cc1cc(C)c(OC(=O)c2cc(S(=O)(=O)N3CCCC3)cn2C)c(C)c1. The van der Waals surface area contributed by atoms with Gasteiger partial charge in [0.05, 0.1) is 0 Å². The molecule has 1 aliphatic rings. The zero-order valence-electron chi connectivity index (χ0n) is 15.6. The number of carbonyl (C=O) groups excluding carboxylic acids is 1. The molecule has 0 aliphatic carbocycles. The Bertz CT molecular complexity index is 931. The van der Waals surface area contributed by atoms with Crippen molar-refractivity contribution in [1.29, 1.82) is 0 Å². The lowest BCUT2D eigenvalue weighted by atomic mass is 10.1. The van der Waals surface area contributed by atoms with Gasteiger partial charge in [-0.15, -0.1) is 0 Å². The molecule has 0 amide bonds. The van der Waals surface area contributed by atoms with Crippen LogP contribution in [-0.2, 0) is 17.1 Å². The van der Waals surface area contributed by atoms with Crippen molar-refractivity contribution in [2.24, 2.45) is 7.05 Å². The second-order valence-corrected chi connectivity index (χ2v) is 8.84. The third-order valence-corrected chi connectivity index (χ3v) is 6.56. The molecule has 1 aromatic heterocycles. The molecule has 2 aromatic rings. The predicted octanol–water partition coefficient (Wildman–Crippen LogP) is 2.95. The van der Waals surface area contributed by atoms with Crippen molar-refractivity contribution in [2.45, 2.75) is 38.5 Å². The Morgan fingerprint density at radius 2 is 1.62 bits per heavy atom. The first-order valence-electron chi connectivity index (χ1n) is 8.66. The summed E-state index contributed by atoms with van der Waals surface area (Å²) in [5.41, 5.74) is 3.05. The number of rotatable bonds is 4. The van der Waals surface area contributed by atoms with E-state index in [4.69, 9.17) is 4.74 Å². The summed E-state index contributed by atoms with van der Waals surface area (Å²) < 4.78 is 33.9. The summed E-state index contributed by atoms with van der Waals surface area (Å²) in [5.74, 6) is -0.0452. The summed E-state index contributed by atoms with van der Waals surface area (Å²) in [5, 5.41) is 0. The van der Waals surface area contributed by atoms with Gasteiger partial charge in [-0.3, -0.25) is 0 Å². The number of aryl methyl sites for hydroxylation is 4. The van der Waals surface area contributed by atoms with Crippen LogP contribution in [0.25, 0.3) is 0 Å². The van der Waals surface area contributed by atoms with E-state index in [0.29, 0.717) is 18.8 Å². The van der Waals surface area contributed by atoms with Crippen molar-refractivity contribution in [1.82, 2.24) is 8.87 Å². The molecule has 0 atom stereocenters. The van der Waals surface area contributed by atoms with E-state index in [-0.39, 0.29) is 10.6 Å². The van der Waals surface area contributed by atoms with Crippen molar-refractivity contribution in [3.8, 4) is 5.75 Å². The molecule has 2 heterocycles. The zero-order chi connectivity index (χ0) is 19.1. The molecular formula is C19H24N2O4S. The van der Waals surface area contributed by atoms with Crippen molar-refractivity contribution in [3.63, 3.8) is 0 Å². The monoisotopic (exact) mass is 376 g/mol. The van der Waals surface area contributed by atoms with E-state index in [1.54, 1.807) is 7.05 Å². The molecule has 7 heteroatoms. The van der Waals surface area contributed by atoms with Crippen LogP contribution in [0.3, 0.4) is 0 Å². The fourth-order valence-electron chi connectivity index (χ4n) is 3.43. The largest absolute Gasteiger partial charge is 0.421 e. The number of carbonyl (C=O) groups is 1. The Morgan fingerprint density at radius 3 is 2.19 bits per heavy atom. The van der Waals surface area contributed by atoms with Crippen LogP contribution in [-0.4, -0.2) is 36.3 Å². The second kappa shape index (κ2) is 6.89. The van der Waals surface area contributed by atoms with Gasteiger partial charge in [-0.25, -0.2) is 13.2 Å². The van der Waals surface area contributed by atoms with Gasteiger partial charge in [0.1, 0.15) is 16.3 Å². The molecule has 1 aromatic carbocycles. The van der Waals surface area contributed by atoms with Crippen molar-refractivity contribution >= 4 is 16.0 Å². The Morgan fingerprint density at radius 1 is 1.04 bits per heavy atom. The van der Waals surface area contributed by atoms with Crippen molar-refractivity contribution in [3.05, 3.63) is 46.8 Å². The van der Waals surface area contributed by atoms with Gasteiger partial charge in [-0.05, 0) is 50.8 Å². The highest BCUT2D eigenvalue weighted by Crippen LogP contribution is 2.27. The number of ether oxygens (including phenoxy) is 1. The third-order valence-electron chi connectivity index (χ3n) is 4.69. The van der Waals surface area contributed by atoms with E-state index >= 15 is 0 Å². The van der Waals surface area contributed by atoms with Gasteiger partial charge >= 0.3 is 5.97 Å². The van der Waals surface area contributed by atoms with Crippen LogP contribution < -0.4 is 4.74 Å². The second-order valence-electron chi connectivity index (χ2n) is 6.90. The number of esters is 1. The summed E-state index contributed by atoms with van der Waals surface area (Å²) in [7, 11) is -1.92. The maximum absolute atomic E-state index is 12.7. The van der Waals surface area contributed by atoms with Crippen molar-refractivity contribution < 1.29 is 17.9 Å². The van der Waals surface area contributed by atoms with Gasteiger partial charge in [-0.2, -0.15) is 4.31 Å². The maximum atomic E-state index is 12.7. The first-order chi connectivity index (χ1) is 12.2. The molecule has 1 aliphatic heterocycles. The van der Waals surface area contributed by atoms with Crippen LogP contribution in [0, 0.1) is 20.8 Å². The molecule has 0 spiro atoms. The van der Waals surface area contributed by atoms with Gasteiger partial charge in [0.15, 0.2) is 0 Å². The van der Waals surface area contributed by atoms with E-state index in [1.807, 2.05) is 32.9 Å². The lowest BCUT2D eigenvalue weighted by Crippen LogP contribution is -2.27. The molecule has 1 fully saturated rings. The minimum Gasteiger partial charge on any atom is -0.421 e. The highest BCUT2D eigenvalue weighted by molar-refractivity contribution is 7.89. The van der Waals surface area contributed by atoms with Crippen LogP contribution >= 0.6 is 0 Å². The standard InChI is InChI=1S/C19H24N2O4S/c1-13-9-14(2)18(15(3)10-13)25-19(22)17-11-16(12-20(17)4)26(23,24)21-7-5-6-8-21/h9-12H,5-8H2,1-4H3. The number of nitrogens with zero attached hydrogens (tertiary/aromatic N) is 2. The highest BCUT2D eigenvalue weighted by atomic mass is 32.2. The van der Waals surface area contributed by atoms with Crippen LogP contribution in [0.15, 0.2) is 29.3 Å². The van der Waals surface area contributed by atoms with Crippen molar-refractivity contribution in [2.75, 3.05) is 13.1 Å². The van der Waals surface area contributed by atoms with Crippen LogP contribution in [0.5, 0.6) is 5.75 Å². The molecule has 0 saturated carbocycles. The number of benzene rings is 1. The Balaban J connectivity index is 1.89. The lowest BCUT2D eigenvalue weighted by Gasteiger charge is -2.13. The van der Waals surface area contributed by atoms with Gasteiger partial charge in [-0.1, -0.05) is 17.7 Å². The predicted molar refractivity (Wildman–Crippen MR) is 99.0 cm³/mol. The molecule has 3 rings (SSSR count). The average molecular weight is 376 g/mol. The summed E-state index contributed by atoms with van der Waals surface area (Å²) in [6.07, 6.45) is 3.21. The first kappa shape index (κ1) is 18.7. The molecule has 0 unspecified atom stereocenters. The molecule has 0 bridgehead atoms. The van der Waals surface area contributed by atoms with Gasteiger partial charge < -0.3 is 9.30 Å². The summed E-state index contributed by atoms with van der Waals surface area (Å²) in [4.78, 5) is 12.8. The van der Waals surface area contributed by atoms with Gasteiger partial charge in [0.25, 0.3) is 0 Å². The topological polar surface area (TPSA) is 68.6 Å². The van der Waals surface area contributed by atoms with Crippen LogP contribution in [0.1, 0.15) is 40.0 Å². The van der Waals surface area contributed by atoms with Gasteiger partial charge in [0.2, 0.25) is 10.0 Å². The van der Waals surface area contributed by atoms with Crippen LogP contribution in [0.2, 0.25) is 0 Å². The fourth-order valence-corrected chi connectivity index (χ4v) is 5.02. The molecule has 140 valence electrons. The summed E-state index contributed by atoms with van der Waals surface area (Å²) >= 11 is 0. The Labute approximate surface area is 154 Å². The molecule has 0 N–H and O–H groups in total. The normalized spacial score (nSPS) is 15.4. The summed E-state index contributed by atoms with van der Waals surface area (Å²) in [6.45, 7) is 6.81. The minimum atomic E-state index is -3.56. The molecule has 26 heavy (non-hydrogen) atoms. The molecular weight excluding hydrogens is 352 g/mol. The van der Waals surface area contributed by atoms with E-state index in [1.165, 1.54) is 21.1 Å². The highest BCUT2D eigenvalue weighted by Gasteiger charge is 2.30. The number of hydrogen-bond donors (Lipinski definition) is 0. The number of aromatic nitrogens is 1. The molecule has 6 nitrogen and oxygen atoms in total. The van der Waals surface area contributed by atoms with Crippen LogP contribution in [0.4, 0.5) is 0 Å².